The van der Waals surface area contributed by atoms with Gasteiger partial charge in [0.1, 0.15) is 0 Å². The third-order valence-electron chi connectivity index (χ3n) is 3.12. The lowest BCUT2D eigenvalue weighted by molar-refractivity contribution is 0.501. The van der Waals surface area contributed by atoms with Crippen LogP contribution in [0.15, 0.2) is 11.4 Å². The van der Waals surface area contributed by atoms with Gasteiger partial charge in [0.25, 0.3) is 0 Å². The standard InChI is InChI=1S/C12H19NS/c1-9-6-8-14-12(9)5-7-13-10(2)11-3-4-11/h6,8,10-11,13H,3-5,7H2,1-2H3. The Morgan fingerprint density at radius 1 is 1.57 bits per heavy atom. The summed E-state index contributed by atoms with van der Waals surface area (Å²) < 4.78 is 0. The lowest BCUT2D eigenvalue weighted by atomic mass is 10.2. The van der Waals surface area contributed by atoms with Crippen LogP contribution in [0.2, 0.25) is 0 Å². The third kappa shape index (κ3) is 2.58. The van der Waals surface area contributed by atoms with Gasteiger partial charge in [0, 0.05) is 17.5 Å². The second kappa shape index (κ2) is 4.45. The van der Waals surface area contributed by atoms with Crippen LogP contribution in [-0.4, -0.2) is 12.6 Å². The molecule has 0 amide bonds. The number of thiophene rings is 1. The van der Waals surface area contributed by atoms with Crippen molar-refractivity contribution in [2.45, 2.75) is 39.2 Å². The fraction of sp³-hybridized carbons (Fsp3) is 0.667. The topological polar surface area (TPSA) is 12.0 Å². The van der Waals surface area contributed by atoms with Crippen molar-refractivity contribution in [3.8, 4) is 0 Å². The SMILES string of the molecule is Cc1ccsc1CCNC(C)C1CC1. The zero-order valence-corrected chi connectivity index (χ0v) is 9.86. The molecule has 1 fully saturated rings. The summed E-state index contributed by atoms with van der Waals surface area (Å²) in [5.41, 5.74) is 1.45. The maximum atomic E-state index is 3.62. The summed E-state index contributed by atoms with van der Waals surface area (Å²) in [5, 5.41) is 5.81. The fourth-order valence-corrected chi connectivity index (χ4v) is 2.75. The van der Waals surface area contributed by atoms with Gasteiger partial charge in [-0.15, -0.1) is 11.3 Å². The predicted octanol–water partition coefficient (Wildman–Crippen LogP) is 2.99. The molecule has 2 heteroatoms. The average molecular weight is 209 g/mol. The van der Waals surface area contributed by atoms with Gasteiger partial charge in [-0.2, -0.15) is 0 Å². The molecule has 1 N–H and O–H groups in total. The van der Waals surface area contributed by atoms with E-state index < -0.39 is 0 Å². The molecule has 78 valence electrons. The molecule has 0 aromatic carbocycles. The summed E-state index contributed by atoms with van der Waals surface area (Å²) in [6, 6.07) is 2.94. The van der Waals surface area contributed by atoms with Crippen molar-refractivity contribution in [1.29, 1.82) is 0 Å². The van der Waals surface area contributed by atoms with E-state index in [4.69, 9.17) is 0 Å². The van der Waals surface area contributed by atoms with E-state index in [0.717, 1.165) is 18.5 Å². The van der Waals surface area contributed by atoms with Gasteiger partial charge in [-0.25, -0.2) is 0 Å². The van der Waals surface area contributed by atoms with Gasteiger partial charge in [-0.05, 0) is 56.0 Å². The number of nitrogens with one attached hydrogen (secondary N) is 1. The normalized spacial score (nSPS) is 18.4. The molecule has 14 heavy (non-hydrogen) atoms. The lowest BCUT2D eigenvalue weighted by Crippen LogP contribution is -2.29. The van der Waals surface area contributed by atoms with Gasteiger partial charge in [0.05, 0.1) is 0 Å². The molecule has 1 unspecified atom stereocenters. The van der Waals surface area contributed by atoms with Crippen molar-refractivity contribution in [2.75, 3.05) is 6.54 Å². The van der Waals surface area contributed by atoms with Crippen LogP contribution in [-0.2, 0) is 6.42 Å². The van der Waals surface area contributed by atoms with E-state index in [0.29, 0.717) is 0 Å². The highest BCUT2D eigenvalue weighted by Gasteiger charge is 2.27. The maximum absolute atomic E-state index is 3.62. The first kappa shape index (κ1) is 10.2. The molecule has 1 heterocycles. The van der Waals surface area contributed by atoms with E-state index in [-0.39, 0.29) is 0 Å². The smallest absolute Gasteiger partial charge is 0.00870 e. The minimum Gasteiger partial charge on any atom is -0.314 e. The molecular formula is C12H19NS. The van der Waals surface area contributed by atoms with Crippen molar-refractivity contribution >= 4 is 11.3 Å². The highest BCUT2D eigenvalue weighted by Crippen LogP contribution is 2.32. The first-order valence-electron chi connectivity index (χ1n) is 5.53. The molecule has 2 rings (SSSR count). The van der Waals surface area contributed by atoms with Gasteiger partial charge < -0.3 is 5.32 Å². The Hall–Kier alpha value is -0.340. The molecule has 1 nitrogen and oxygen atoms in total. The molecule has 0 saturated heterocycles. The van der Waals surface area contributed by atoms with Crippen LogP contribution >= 0.6 is 11.3 Å². The van der Waals surface area contributed by atoms with Gasteiger partial charge in [-0.3, -0.25) is 0 Å². The Morgan fingerprint density at radius 3 is 2.93 bits per heavy atom. The summed E-state index contributed by atoms with van der Waals surface area (Å²) in [6.45, 7) is 5.66. The highest BCUT2D eigenvalue weighted by atomic mass is 32.1. The molecule has 0 spiro atoms. The second-order valence-electron chi connectivity index (χ2n) is 4.36. The van der Waals surface area contributed by atoms with E-state index in [2.05, 4.69) is 30.6 Å². The van der Waals surface area contributed by atoms with Crippen LogP contribution < -0.4 is 5.32 Å². The average Bonchev–Trinajstić information content (AvgIpc) is 2.93. The Kier molecular flexibility index (Phi) is 3.24. The zero-order chi connectivity index (χ0) is 9.97. The molecule has 0 aliphatic heterocycles. The molecule has 1 aromatic heterocycles. The summed E-state index contributed by atoms with van der Waals surface area (Å²) in [5.74, 6) is 0.972. The van der Waals surface area contributed by atoms with Crippen LogP contribution in [0.5, 0.6) is 0 Å². The van der Waals surface area contributed by atoms with Crippen molar-refractivity contribution < 1.29 is 0 Å². The van der Waals surface area contributed by atoms with Crippen molar-refractivity contribution in [3.05, 3.63) is 21.9 Å². The Labute approximate surface area is 90.5 Å². The lowest BCUT2D eigenvalue weighted by Gasteiger charge is -2.11. The summed E-state index contributed by atoms with van der Waals surface area (Å²) in [6.07, 6.45) is 4.07. The Morgan fingerprint density at radius 2 is 2.36 bits per heavy atom. The van der Waals surface area contributed by atoms with Crippen LogP contribution in [0.4, 0.5) is 0 Å². The maximum Gasteiger partial charge on any atom is 0.00870 e. The highest BCUT2D eigenvalue weighted by molar-refractivity contribution is 7.10. The Bertz CT molecular complexity index is 288. The van der Waals surface area contributed by atoms with E-state index >= 15 is 0 Å². The van der Waals surface area contributed by atoms with Crippen molar-refractivity contribution in [2.24, 2.45) is 5.92 Å². The van der Waals surface area contributed by atoms with Crippen LogP contribution in [0.3, 0.4) is 0 Å². The molecular weight excluding hydrogens is 190 g/mol. The molecule has 1 atom stereocenters. The van der Waals surface area contributed by atoms with Crippen molar-refractivity contribution in [3.63, 3.8) is 0 Å². The third-order valence-corrected chi connectivity index (χ3v) is 4.20. The van der Waals surface area contributed by atoms with Crippen molar-refractivity contribution in [1.82, 2.24) is 5.32 Å². The molecule has 1 aliphatic rings. The van der Waals surface area contributed by atoms with Crippen LogP contribution in [0.25, 0.3) is 0 Å². The Balaban J connectivity index is 1.69. The quantitative estimate of drug-likeness (QED) is 0.786. The molecule has 0 radical (unpaired) electrons. The molecule has 1 aromatic rings. The van der Waals surface area contributed by atoms with E-state index in [1.54, 1.807) is 4.88 Å². The van der Waals surface area contributed by atoms with Crippen LogP contribution in [0.1, 0.15) is 30.2 Å². The zero-order valence-electron chi connectivity index (χ0n) is 9.05. The van der Waals surface area contributed by atoms with Gasteiger partial charge in [-0.1, -0.05) is 0 Å². The first-order chi connectivity index (χ1) is 6.77. The van der Waals surface area contributed by atoms with Gasteiger partial charge >= 0.3 is 0 Å². The summed E-state index contributed by atoms with van der Waals surface area (Å²) >= 11 is 1.89. The fourth-order valence-electron chi connectivity index (χ4n) is 1.84. The number of aryl methyl sites for hydroxylation is 1. The largest absolute Gasteiger partial charge is 0.314 e. The monoisotopic (exact) mass is 209 g/mol. The van der Waals surface area contributed by atoms with Crippen LogP contribution in [0, 0.1) is 12.8 Å². The molecule has 1 aliphatic carbocycles. The van der Waals surface area contributed by atoms with Gasteiger partial charge in [0.15, 0.2) is 0 Å². The molecule has 1 saturated carbocycles. The van der Waals surface area contributed by atoms with E-state index in [1.807, 2.05) is 11.3 Å². The minimum absolute atomic E-state index is 0.732. The van der Waals surface area contributed by atoms with E-state index in [9.17, 15) is 0 Å². The number of hydrogen-bond donors (Lipinski definition) is 1. The summed E-state index contributed by atoms with van der Waals surface area (Å²) in [7, 11) is 0. The summed E-state index contributed by atoms with van der Waals surface area (Å²) in [4.78, 5) is 1.54. The van der Waals surface area contributed by atoms with E-state index in [1.165, 1.54) is 24.8 Å². The second-order valence-corrected chi connectivity index (χ2v) is 5.36. The molecule has 0 bridgehead atoms. The first-order valence-corrected chi connectivity index (χ1v) is 6.41. The van der Waals surface area contributed by atoms with Gasteiger partial charge in [0.2, 0.25) is 0 Å². The number of rotatable bonds is 5. The number of hydrogen-bond acceptors (Lipinski definition) is 2. The minimum atomic E-state index is 0.732. The predicted molar refractivity (Wildman–Crippen MR) is 62.9 cm³/mol.